The highest BCUT2D eigenvalue weighted by Gasteiger charge is 2.13. The van der Waals surface area contributed by atoms with Crippen molar-refractivity contribution in [3.8, 4) is 11.5 Å². The molecule has 2 heterocycles. The van der Waals surface area contributed by atoms with Crippen LogP contribution in [-0.4, -0.2) is 22.9 Å². The zero-order valence-corrected chi connectivity index (χ0v) is 16.2. The molecule has 0 aliphatic heterocycles. The zero-order valence-electron chi connectivity index (χ0n) is 16.2. The monoisotopic (exact) mass is 402 g/mol. The lowest BCUT2D eigenvalue weighted by molar-refractivity contribution is 0.0950. The second-order valence-corrected chi connectivity index (χ2v) is 6.58. The second kappa shape index (κ2) is 8.57. The predicted molar refractivity (Wildman–Crippen MR) is 113 cm³/mol. The number of aromatic nitrogens is 2. The van der Waals surface area contributed by atoms with Gasteiger partial charge in [0.25, 0.3) is 5.91 Å². The molecule has 0 aliphatic carbocycles. The first-order valence-electron chi connectivity index (χ1n) is 9.35. The average molecular weight is 402 g/mol. The van der Waals surface area contributed by atoms with Gasteiger partial charge >= 0.3 is 0 Å². The molecule has 4 aromatic rings. The second-order valence-electron chi connectivity index (χ2n) is 6.58. The molecule has 6 nitrogen and oxygen atoms in total. The van der Waals surface area contributed by atoms with E-state index < -0.39 is 5.82 Å². The van der Waals surface area contributed by atoms with Crippen LogP contribution in [0.25, 0.3) is 10.9 Å². The maximum Gasteiger partial charge on any atom is 0.251 e. The highest BCUT2D eigenvalue weighted by atomic mass is 19.1. The Bertz CT molecular complexity index is 1200. The molecule has 0 unspecified atom stereocenters. The minimum Gasteiger partial charge on any atom is -0.453 e. The van der Waals surface area contributed by atoms with Crippen LogP contribution in [0, 0.1) is 5.82 Å². The van der Waals surface area contributed by atoms with Gasteiger partial charge in [0.15, 0.2) is 11.6 Å². The van der Waals surface area contributed by atoms with Gasteiger partial charge in [0, 0.05) is 48.8 Å². The van der Waals surface area contributed by atoms with E-state index in [1.807, 2.05) is 37.4 Å². The number of carbonyl (C=O) groups is 1. The molecule has 0 atom stereocenters. The van der Waals surface area contributed by atoms with Crippen molar-refractivity contribution in [1.29, 1.82) is 0 Å². The van der Waals surface area contributed by atoms with Crippen LogP contribution in [0.15, 0.2) is 73.2 Å². The van der Waals surface area contributed by atoms with Crippen LogP contribution in [0.1, 0.15) is 15.9 Å². The Kier molecular flexibility index (Phi) is 5.52. The SMILES string of the molecule is CNc1ccc2c(Oc3cc(C(=O)NCc4ccncc4)ccc3F)ccnc2c1. The fraction of sp³-hybridized carbons (Fsp3) is 0.0870. The Balaban J connectivity index is 1.56. The highest BCUT2D eigenvalue weighted by molar-refractivity contribution is 5.94. The van der Waals surface area contributed by atoms with Crippen molar-refractivity contribution in [2.45, 2.75) is 6.54 Å². The number of nitrogens with zero attached hydrogens (tertiary/aromatic N) is 2. The normalized spacial score (nSPS) is 10.6. The average Bonchev–Trinajstić information content (AvgIpc) is 2.79. The molecule has 0 saturated carbocycles. The summed E-state index contributed by atoms with van der Waals surface area (Å²) in [7, 11) is 1.82. The molecule has 150 valence electrons. The number of ether oxygens (including phenoxy) is 1. The van der Waals surface area contributed by atoms with E-state index in [-0.39, 0.29) is 11.7 Å². The van der Waals surface area contributed by atoms with Gasteiger partial charge in [0.05, 0.1) is 5.52 Å². The molecule has 2 N–H and O–H groups in total. The number of nitrogens with one attached hydrogen (secondary N) is 2. The van der Waals surface area contributed by atoms with E-state index in [4.69, 9.17) is 4.74 Å². The molecule has 0 saturated heterocycles. The summed E-state index contributed by atoms with van der Waals surface area (Å²) in [6, 6.07) is 14.9. The smallest absolute Gasteiger partial charge is 0.251 e. The summed E-state index contributed by atoms with van der Waals surface area (Å²) >= 11 is 0. The summed E-state index contributed by atoms with van der Waals surface area (Å²) in [5, 5.41) is 6.60. The van der Waals surface area contributed by atoms with Crippen molar-refractivity contribution < 1.29 is 13.9 Å². The van der Waals surface area contributed by atoms with Crippen molar-refractivity contribution in [2.24, 2.45) is 0 Å². The first-order valence-corrected chi connectivity index (χ1v) is 9.35. The molecule has 0 radical (unpaired) electrons. The lowest BCUT2D eigenvalue weighted by atomic mass is 10.1. The summed E-state index contributed by atoms with van der Waals surface area (Å²) in [6.07, 6.45) is 4.91. The predicted octanol–water partition coefficient (Wildman–Crippen LogP) is 4.53. The molecule has 4 rings (SSSR count). The van der Waals surface area contributed by atoms with Crippen molar-refractivity contribution in [2.75, 3.05) is 12.4 Å². The summed E-state index contributed by atoms with van der Waals surface area (Å²) < 4.78 is 20.2. The lowest BCUT2D eigenvalue weighted by Gasteiger charge is -2.12. The zero-order chi connectivity index (χ0) is 20.9. The fourth-order valence-corrected chi connectivity index (χ4v) is 2.99. The first-order chi connectivity index (χ1) is 14.6. The number of fused-ring (bicyclic) bond motifs is 1. The van der Waals surface area contributed by atoms with Gasteiger partial charge in [0.1, 0.15) is 5.75 Å². The Labute approximate surface area is 172 Å². The van der Waals surface area contributed by atoms with E-state index >= 15 is 0 Å². The maximum atomic E-state index is 14.4. The lowest BCUT2D eigenvalue weighted by Crippen LogP contribution is -2.22. The number of benzene rings is 2. The van der Waals surface area contributed by atoms with Crippen molar-refractivity contribution in [3.05, 3.63) is 90.1 Å². The van der Waals surface area contributed by atoms with Crippen LogP contribution in [-0.2, 0) is 6.54 Å². The fourth-order valence-electron chi connectivity index (χ4n) is 2.99. The van der Waals surface area contributed by atoms with Crippen molar-refractivity contribution >= 4 is 22.5 Å². The Morgan fingerprint density at radius 3 is 2.63 bits per heavy atom. The van der Waals surface area contributed by atoms with Crippen LogP contribution in [0.2, 0.25) is 0 Å². The molecular formula is C23H19FN4O2. The minimum atomic E-state index is -0.558. The molecule has 0 aliphatic rings. The van der Waals surface area contributed by atoms with Gasteiger partial charge in [-0.3, -0.25) is 14.8 Å². The van der Waals surface area contributed by atoms with E-state index in [1.54, 1.807) is 24.7 Å². The number of pyridine rings is 2. The number of halogens is 1. The van der Waals surface area contributed by atoms with Gasteiger partial charge in [-0.25, -0.2) is 4.39 Å². The van der Waals surface area contributed by atoms with Crippen molar-refractivity contribution in [3.63, 3.8) is 0 Å². The van der Waals surface area contributed by atoms with E-state index in [2.05, 4.69) is 20.6 Å². The number of rotatable bonds is 6. The van der Waals surface area contributed by atoms with E-state index in [0.717, 1.165) is 16.6 Å². The topological polar surface area (TPSA) is 76.1 Å². The largest absolute Gasteiger partial charge is 0.453 e. The van der Waals surface area contributed by atoms with Gasteiger partial charge < -0.3 is 15.4 Å². The van der Waals surface area contributed by atoms with Crippen LogP contribution in [0.4, 0.5) is 10.1 Å². The third kappa shape index (κ3) is 4.20. The van der Waals surface area contributed by atoms with E-state index in [0.29, 0.717) is 23.4 Å². The van der Waals surface area contributed by atoms with Crippen LogP contribution in [0.5, 0.6) is 11.5 Å². The number of hydrogen-bond donors (Lipinski definition) is 2. The number of amides is 1. The van der Waals surface area contributed by atoms with Crippen LogP contribution < -0.4 is 15.4 Å². The standard InChI is InChI=1S/C23H19FN4O2/c1-25-17-3-4-18-20(13-17)27-11-8-21(18)30-22-12-16(2-5-19(22)24)23(29)28-14-15-6-9-26-10-7-15/h2-13,25H,14H2,1H3,(H,28,29). The molecule has 2 aromatic heterocycles. The molecule has 0 fully saturated rings. The van der Waals surface area contributed by atoms with Gasteiger partial charge in [-0.05, 0) is 60.2 Å². The van der Waals surface area contributed by atoms with E-state index in [1.165, 1.54) is 18.2 Å². The molecular weight excluding hydrogens is 383 g/mol. The quantitative estimate of drug-likeness (QED) is 0.495. The van der Waals surface area contributed by atoms with E-state index in [9.17, 15) is 9.18 Å². The Morgan fingerprint density at radius 2 is 1.83 bits per heavy atom. The van der Waals surface area contributed by atoms with Gasteiger partial charge in [-0.2, -0.15) is 0 Å². The number of anilines is 1. The molecule has 2 aromatic carbocycles. The molecule has 30 heavy (non-hydrogen) atoms. The summed E-state index contributed by atoms with van der Waals surface area (Å²) in [5.74, 6) is -0.458. The van der Waals surface area contributed by atoms with Crippen LogP contribution >= 0.6 is 0 Å². The van der Waals surface area contributed by atoms with Crippen LogP contribution in [0.3, 0.4) is 0 Å². The molecule has 7 heteroatoms. The highest BCUT2D eigenvalue weighted by Crippen LogP contribution is 2.32. The Morgan fingerprint density at radius 1 is 1.00 bits per heavy atom. The number of carbonyl (C=O) groups excluding carboxylic acids is 1. The minimum absolute atomic E-state index is 0.0308. The third-order valence-electron chi connectivity index (χ3n) is 4.61. The van der Waals surface area contributed by atoms with Gasteiger partial charge in [-0.15, -0.1) is 0 Å². The van der Waals surface area contributed by atoms with Gasteiger partial charge in [0.2, 0.25) is 0 Å². The Hall–Kier alpha value is -4.00. The number of hydrogen-bond acceptors (Lipinski definition) is 5. The summed E-state index contributed by atoms with van der Waals surface area (Å²) in [6.45, 7) is 0.345. The maximum absolute atomic E-state index is 14.4. The van der Waals surface area contributed by atoms with Crippen molar-refractivity contribution in [1.82, 2.24) is 15.3 Å². The molecule has 0 bridgehead atoms. The first kappa shape index (κ1) is 19.3. The third-order valence-corrected chi connectivity index (χ3v) is 4.61. The summed E-state index contributed by atoms with van der Waals surface area (Å²) in [4.78, 5) is 20.8. The molecule has 0 spiro atoms. The van der Waals surface area contributed by atoms with Gasteiger partial charge in [-0.1, -0.05) is 0 Å². The molecule has 1 amide bonds. The summed E-state index contributed by atoms with van der Waals surface area (Å²) in [5.41, 5.74) is 2.84.